The van der Waals surface area contributed by atoms with Crippen LogP contribution in [0.25, 0.3) is 0 Å². The molecule has 130 valence electrons. The number of hydrogen-bond donors (Lipinski definition) is 1. The summed E-state index contributed by atoms with van der Waals surface area (Å²) in [5.41, 5.74) is 7.47. The smallest absolute Gasteiger partial charge is 0.239 e. The Kier molecular flexibility index (Phi) is 9.03. The Bertz CT molecular complexity index is 471. The molecule has 0 bridgehead atoms. The molecule has 0 aliphatic carbocycles. The Morgan fingerprint density at radius 3 is 2.70 bits per heavy atom. The summed E-state index contributed by atoms with van der Waals surface area (Å²) in [7, 11) is 0. The zero-order valence-corrected chi connectivity index (χ0v) is 15.7. The van der Waals surface area contributed by atoms with E-state index in [1.54, 1.807) is 11.8 Å². The summed E-state index contributed by atoms with van der Waals surface area (Å²) in [6.07, 6.45) is 4.97. The molecule has 2 N–H and O–H groups in total. The van der Waals surface area contributed by atoms with Crippen LogP contribution in [0.3, 0.4) is 0 Å². The first-order chi connectivity index (χ1) is 10.7. The van der Waals surface area contributed by atoms with Crippen LogP contribution >= 0.6 is 24.2 Å². The molecule has 1 aliphatic rings. The molecule has 2 rings (SSSR count). The molecule has 1 aromatic rings. The molecule has 3 nitrogen and oxygen atoms in total. The van der Waals surface area contributed by atoms with Crippen molar-refractivity contribution in [3.63, 3.8) is 0 Å². The average molecular weight is 357 g/mol. The zero-order chi connectivity index (χ0) is 15.9. The average Bonchev–Trinajstić information content (AvgIpc) is 2.59. The third-order valence-electron chi connectivity index (χ3n) is 4.75. The van der Waals surface area contributed by atoms with Gasteiger partial charge in [0.15, 0.2) is 0 Å². The lowest BCUT2D eigenvalue weighted by molar-refractivity contribution is -0.134. The minimum Gasteiger partial charge on any atom is -0.341 e. The number of benzene rings is 1. The first kappa shape index (κ1) is 20.3. The van der Waals surface area contributed by atoms with Crippen molar-refractivity contribution in [2.24, 2.45) is 11.7 Å². The maximum absolute atomic E-state index is 12.5. The van der Waals surface area contributed by atoms with Crippen LogP contribution in [-0.4, -0.2) is 41.9 Å². The van der Waals surface area contributed by atoms with Gasteiger partial charge in [-0.2, -0.15) is 11.8 Å². The largest absolute Gasteiger partial charge is 0.341 e. The van der Waals surface area contributed by atoms with Gasteiger partial charge in [-0.15, -0.1) is 12.4 Å². The van der Waals surface area contributed by atoms with Crippen LogP contribution in [0.15, 0.2) is 30.3 Å². The molecule has 1 fully saturated rings. The topological polar surface area (TPSA) is 46.3 Å². The Morgan fingerprint density at radius 2 is 2.09 bits per heavy atom. The second-order valence-corrected chi connectivity index (χ2v) is 7.13. The summed E-state index contributed by atoms with van der Waals surface area (Å²) in [5.74, 6) is 2.19. The summed E-state index contributed by atoms with van der Waals surface area (Å²) >= 11 is 1.75. The summed E-state index contributed by atoms with van der Waals surface area (Å²) < 4.78 is 0. The fraction of sp³-hybridized carbons (Fsp3) is 0.611. The number of piperidine rings is 1. The number of rotatable bonds is 6. The number of nitrogens with two attached hydrogens (primary N) is 1. The molecule has 0 spiro atoms. The number of nitrogens with zero attached hydrogens (tertiary/aromatic N) is 1. The van der Waals surface area contributed by atoms with Crippen molar-refractivity contribution in [3.8, 4) is 0 Å². The number of hydrogen-bond acceptors (Lipinski definition) is 3. The molecule has 0 aromatic heterocycles. The fourth-order valence-corrected chi connectivity index (χ4v) is 3.88. The SMILES string of the molecule is CCC1CN(C(=O)C(N)CCSC)CCC1c1ccccc1.Cl. The third kappa shape index (κ3) is 5.40. The summed E-state index contributed by atoms with van der Waals surface area (Å²) in [4.78, 5) is 14.5. The molecular weight excluding hydrogens is 328 g/mol. The van der Waals surface area contributed by atoms with Gasteiger partial charge in [-0.3, -0.25) is 4.79 Å². The van der Waals surface area contributed by atoms with Crippen LogP contribution in [0, 0.1) is 5.92 Å². The second kappa shape index (κ2) is 10.2. The Balaban J connectivity index is 0.00000264. The number of halogens is 1. The quantitative estimate of drug-likeness (QED) is 0.848. The Morgan fingerprint density at radius 1 is 1.39 bits per heavy atom. The van der Waals surface area contributed by atoms with Crippen molar-refractivity contribution in [1.82, 2.24) is 4.90 Å². The van der Waals surface area contributed by atoms with Gasteiger partial charge in [-0.25, -0.2) is 0 Å². The van der Waals surface area contributed by atoms with Gasteiger partial charge in [0.05, 0.1) is 6.04 Å². The van der Waals surface area contributed by atoms with Crippen LogP contribution in [0.5, 0.6) is 0 Å². The maximum atomic E-state index is 12.5. The molecule has 3 unspecified atom stereocenters. The highest BCUT2D eigenvalue weighted by molar-refractivity contribution is 7.98. The third-order valence-corrected chi connectivity index (χ3v) is 5.39. The molecule has 1 heterocycles. The van der Waals surface area contributed by atoms with Crippen molar-refractivity contribution in [2.45, 2.75) is 38.1 Å². The van der Waals surface area contributed by atoms with Crippen molar-refractivity contribution in [3.05, 3.63) is 35.9 Å². The van der Waals surface area contributed by atoms with Crippen LogP contribution in [0.1, 0.15) is 37.7 Å². The van der Waals surface area contributed by atoms with E-state index in [1.807, 2.05) is 4.90 Å². The lowest BCUT2D eigenvalue weighted by Crippen LogP contribution is -2.49. The van der Waals surface area contributed by atoms with Crippen LogP contribution in [0.2, 0.25) is 0 Å². The van der Waals surface area contributed by atoms with E-state index in [-0.39, 0.29) is 24.4 Å². The number of carbonyl (C=O) groups is 1. The zero-order valence-electron chi connectivity index (χ0n) is 14.1. The van der Waals surface area contributed by atoms with Gasteiger partial charge in [0.25, 0.3) is 0 Å². The van der Waals surface area contributed by atoms with Gasteiger partial charge in [0, 0.05) is 13.1 Å². The molecule has 1 saturated heterocycles. The van der Waals surface area contributed by atoms with Crippen molar-refractivity contribution < 1.29 is 4.79 Å². The minimum absolute atomic E-state index is 0. The summed E-state index contributed by atoms with van der Waals surface area (Å²) in [6, 6.07) is 10.4. The van der Waals surface area contributed by atoms with Gasteiger partial charge in [0.2, 0.25) is 5.91 Å². The summed E-state index contributed by atoms with van der Waals surface area (Å²) in [6.45, 7) is 3.91. The number of likely N-dealkylation sites (tertiary alicyclic amines) is 1. The lowest BCUT2D eigenvalue weighted by atomic mass is 9.79. The number of amides is 1. The molecule has 3 atom stereocenters. The first-order valence-electron chi connectivity index (χ1n) is 8.25. The van der Waals surface area contributed by atoms with Crippen molar-refractivity contribution >= 4 is 30.1 Å². The van der Waals surface area contributed by atoms with E-state index in [4.69, 9.17) is 5.73 Å². The molecular formula is C18H29ClN2OS. The highest BCUT2D eigenvalue weighted by Crippen LogP contribution is 2.35. The molecule has 0 saturated carbocycles. The van der Waals surface area contributed by atoms with Crippen molar-refractivity contribution in [2.75, 3.05) is 25.1 Å². The minimum atomic E-state index is -0.335. The van der Waals surface area contributed by atoms with E-state index < -0.39 is 0 Å². The molecule has 0 radical (unpaired) electrons. The highest BCUT2D eigenvalue weighted by Gasteiger charge is 2.32. The van der Waals surface area contributed by atoms with E-state index in [1.165, 1.54) is 5.56 Å². The number of thioether (sulfide) groups is 1. The van der Waals surface area contributed by atoms with Gasteiger partial charge < -0.3 is 10.6 Å². The van der Waals surface area contributed by atoms with E-state index in [9.17, 15) is 4.79 Å². The highest BCUT2D eigenvalue weighted by atomic mass is 35.5. The number of carbonyl (C=O) groups excluding carboxylic acids is 1. The van der Waals surface area contributed by atoms with E-state index in [0.717, 1.165) is 38.1 Å². The van der Waals surface area contributed by atoms with E-state index in [0.29, 0.717) is 11.8 Å². The Hall–Kier alpha value is -0.710. The molecule has 23 heavy (non-hydrogen) atoms. The molecule has 1 aliphatic heterocycles. The van der Waals surface area contributed by atoms with Gasteiger partial charge in [-0.05, 0) is 42.2 Å². The molecule has 1 amide bonds. The van der Waals surface area contributed by atoms with Gasteiger partial charge >= 0.3 is 0 Å². The van der Waals surface area contributed by atoms with Gasteiger partial charge in [0.1, 0.15) is 0 Å². The first-order valence-corrected chi connectivity index (χ1v) is 9.65. The summed E-state index contributed by atoms with van der Waals surface area (Å²) in [5, 5.41) is 0. The van der Waals surface area contributed by atoms with Crippen molar-refractivity contribution in [1.29, 1.82) is 0 Å². The van der Waals surface area contributed by atoms with Crippen LogP contribution < -0.4 is 5.73 Å². The standard InChI is InChI=1S/C18H28N2OS.ClH/c1-3-14-13-20(18(21)17(19)10-12-22-2)11-9-16(14)15-7-5-4-6-8-15;/h4-8,14,16-17H,3,9-13,19H2,1-2H3;1H. The predicted molar refractivity (Wildman–Crippen MR) is 102 cm³/mol. The lowest BCUT2D eigenvalue weighted by Gasteiger charge is -2.39. The van der Waals surface area contributed by atoms with E-state index in [2.05, 4.69) is 43.5 Å². The van der Waals surface area contributed by atoms with Crippen LogP contribution in [0.4, 0.5) is 0 Å². The maximum Gasteiger partial charge on any atom is 0.239 e. The normalized spacial score (nSPS) is 22.3. The Labute approximate surface area is 150 Å². The molecule has 5 heteroatoms. The monoisotopic (exact) mass is 356 g/mol. The second-order valence-electron chi connectivity index (χ2n) is 6.15. The van der Waals surface area contributed by atoms with Gasteiger partial charge in [-0.1, -0.05) is 43.7 Å². The van der Waals surface area contributed by atoms with Crippen LogP contribution in [-0.2, 0) is 4.79 Å². The predicted octanol–water partition coefficient (Wildman–Crippen LogP) is 3.53. The molecule has 1 aromatic carbocycles. The van der Waals surface area contributed by atoms with E-state index >= 15 is 0 Å². The fourth-order valence-electron chi connectivity index (χ4n) is 3.39.